The van der Waals surface area contributed by atoms with Crippen molar-refractivity contribution in [3.63, 3.8) is 0 Å². The molecule has 0 saturated heterocycles. The lowest BCUT2D eigenvalue weighted by molar-refractivity contribution is 0.252. The molecule has 3 aromatic carbocycles. The Kier molecular flexibility index (Phi) is 3.98. The molecule has 0 aliphatic carbocycles. The molecule has 1 atom stereocenters. The van der Waals surface area contributed by atoms with E-state index in [9.17, 15) is 4.79 Å². The smallest absolute Gasteiger partial charge is 0.290 e. The summed E-state index contributed by atoms with van der Waals surface area (Å²) in [4.78, 5) is 17.3. The summed E-state index contributed by atoms with van der Waals surface area (Å²) in [5, 5.41) is 0. The van der Waals surface area contributed by atoms with E-state index in [1.807, 2.05) is 83.8 Å². The molecule has 1 aliphatic rings. The predicted molar refractivity (Wildman–Crippen MR) is 103 cm³/mol. The highest BCUT2D eigenvalue weighted by atomic mass is 16.2. The third-order valence-electron chi connectivity index (χ3n) is 4.63. The number of amides is 2. The van der Waals surface area contributed by atoms with Crippen molar-refractivity contribution in [3.05, 3.63) is 90.5 Å². The van der Waals surface area contributed by atoms with Crippen LogP contribution in [0.1, 0.15) is 12.5 Å². The van der Waals surface area contributed by atoms with Gasteiger partial charge in [0.2, 0.25) is 0 Å². The minimum absolute atomic E-state index is 0.0187. The Morgan fingerprint density at radius 2 is 1.36 bits per heavy atom. The zero-order chi connectivity index (χ0) is 17.2. The zero-order valence-electron chi connectivity index (χ0n) is 14.2. The first-order valence-corrected chi connectivity index (χ1v) is 8.57. The fourth-order valence-corrected chi connectivity index (χ4v) is 3.49. The van der Waals surface area contributed by atoms with Gasteiger partial charge in [-0.2, -0.15) is 0 Å². The minimum atomic E-state index is -0.0187. The Morgan fingerprint density at radius 3 is 1.96 bits per heavy atom. The number of urea groups is 1. The van der Waals surface area contributed by atoms with Crippen LogP contribution in [0.15, 0.2) is 84.9 Å². The number of rotatable bonds is 2. The molecule has 0 bridgehead atoms. The lowest BCUT2D eigenvalue weighted by Gasteiger charge is -2.31. The second kappa shape index (κ2) is 6.44. The molecule has 2 amide bonds. The van der Waals surface area contributed by atoms with Crippen LogP contribution in [0.2, 0.25) is 0 Å². The van der Waals surface area contributed by atoms with Crippen molar-refractivity contribution in [1.29, 1.82) is 0 Å². The van der Waals surface area contributed by atoms with E-state index >= 15 is 0 Å². The van der Waals surface area contributed by atoms with Crippen LogP contribution in [0.5, 0.6) is 0 Å². The van der Waals surface area contributed by atoms with Crippen LogP contribution >= 0.6 is 0 Å². The van der Waals surface area contributed by atoms with Gasteiger partial charge >= 0.3 is 6.03 Å². The summed E-state index contributed by atoms with van der Waals surface area (Å²) in [5.74, 6) is 0. The second-order valence-corrected chi connectivity index (χ2v) is 6.34. The number of anilines is 3. The van der Waals surface area contributed by atoms with Crippen molar-refractivity contribution in [3.8, 4) is 0 Å². The van der Waals surface area contributed by atoms with Crippen molar-refractivity contribution < 1.29 is 4.79 Å². The van der Waals surface area contributed by atoms with Crippen LogP contribution in [-0.4, -0.2) is 12.1 Å². The summed E-state index contributed by atoms with van der Waals surface area (Å²) in [6, 6.07) is 27.9. The average Bonchev–Trinajstić information content (AvgIpc) is 2.99. The summed E-state index contributed by atoms with van der Waals surface area (Å²) < 4.78 is 0. The monoisotopic (exact) mass is 328 g/mol. The van der Waals surface area contributed by atoms with E-state index in [2.05, 4.69) is 13.0 Å². The van der Waals surface area contributed by atoms with Crippen LogP contribution in [0.3, 0.4) is 0 Å². The van der Waals surface area contributed by atoms with Crippen LogP contribution in [-0.2, 0) is 6.42 Å². The molecule has 0 radical (unpaired) electrons. The highest BCUT2D eigenvalue weighted by Crippen LogP contribution is 2.35. The molecule has 1 aliphatic heterocycles. The lowest BCUT2D eigenvalue weighted by atomic mass is 10.1. The quantitative estimate of drug-likeness (QED) is 0.618. The normalized spacial score (nSPS) is 15.7. The maximum absolute atomic E-state index is 13.6. The molecule has 0 saturated carbocycles. The largest absolute Gasteiger partial charge is 0.333 e. The first kappa shape index (κ1) is 15.5. The number of carbonyl (C=O) groups is 1. The van der Waals surface area contributed by atoms with Crippen molar-refractivity contribution in [1.82, 2.24) is 0 Å². The van der Waals surface area contributed by atoms with Crippen LogP contribution in [0, 0.1) is 0 Å². The van der Waals surface area contributed by atoms with E-state index in [0.29, 0.717) is 0 Å². The maximum atomic E-state index is 13.6. The van der Waals surface area contributed by atoms with E-state index in [4.69, 9.17) is 0 Å². The van der Waals surface area contributed by atoms with Gasteiger partial charge in [0.15, 0.2) is 0 Å². The van der Waals surface area contributed by atoms with Gasteiger partial charge in [-0.05, 0) is 49.2 Å². The van der Waals surface area contributed by atoms with Gasteiger partial charge in [0.05, 0.1) is 11.4 Å². The number of nitrogens with zero attached hydrogens (tertiary/aromatic N) is 2. The number of para-hydroxylation sites is 3. The molecule has 0 aromatic heterocycles. The van der Waals surface area contributed by atoms with Crippen molar-refractivity contribution in [2.75, 3.05) is 9.80 Å². The Hall–Kier alpha value is -3.07. The Bertz CT molecular complexity index is 837. The highest BCUT2D eigenvalue weighted by Gasteiger charge is 2.34. The molecule has 1 heterocycles. The third-order valence-corrected chi connectivity index (χ3v) is 4.63. The molecular weight excluding hydrogens is 308 g/mol. The standard InChI is InChI=1S/C22H20N2O/c1-17-16-18-10-8-9-15-21(18)23(17)22(25)24(19-11-4-2-5-12-19)20-13-6-3-7-14-20/h2-15,17H,16H2,1H3. The zero-order valence-corrected chi connectivity index (χ0v) is 14.2. The van der Waals surface area contributed by atoms with E-state index in [1.54, 1.807) is 4.90 Å². The van der Waals surface area contributed by atoms with Crippen molar-refractivity contribution >= 4 is 23.1 Å². The van der Waals surface area contributed by atoms with Gasteiger partial charge in [-0.1, -0.05) is 54.6 Å². The molecule has 25 heavy (non-hydrogen) atoms. The van der Waals surface area contributed by atoms with E-state index in [1.165, 1.54) is 5.56 Å². The topological polar surface area (TPSA) is 23.6 Å². The number of benzene rings is 3. The Balaban J connectivity index is 1.79. The molecular formula is C22H20N2O. The molecule has 3 heteroatoms. The molecule has 0 fully saturated rings. The van der Waals surface area contributed by atoms with Crippen molar-refractivity contribution in [2.45, 2.75) is 19.4 Å². The summed E-state index contributed by atoms with van der Waals surface area (Å²) >= 11 is 0. The van der Waals surface area contributed by atoms with Gasteiger partial charge in [0.25, 0.3) is 0 Å². The molecule has 3 nitrogen and oxygen atoms in total. The second-order valence-electron chi connectivity index (χ2n) is 6.34. The number of fused-ring (bicyclic) bond motifs is 1. The first-order chi connectivity index (χ1) is 12.3. The molecule has 0 spiro atoms. The van der Waals surface area contributed by atoms with Crippen molar-refractivity contribution in [2.24, 2.45) is 0 Å². The summed E-state index contributed by atoms with van der Waals surface area (Å²) in [6.45, 7) is 2.10. The van der Waals surface area contributed by atoms with Gasteiger partial charge in [0, 0.05) is 11.7 Å². The molecule has 0 N–H and O–H groups in total. The summed E-state index contributed by atoms with van der Waals surface area (Å²) in [5.41, 5.74) is 3.98. The Labute approximate surface area is 148 Å². The number of hydrogen-bond acceptors (Lipinski definition) is 1. The van der Waals surface area contributed by atoms with Crippen LogP contribution in [0.4, 0.5) is 21.9 Å². The lowest BCUT2D eigenvalue weighted by Crippen LogP contribution is -2.44. The van der Waals surface area contributed by atoms with Crippen LogP contribution < -0.4 is 9.80 Å². The van der Waals surface area contributed by atoms with E-state index in [0.717, 1.165) is 23.5 Å². The maximum Gasteiger partial charge on any atom is 0.333 e. The number of hydrogen-bond donors (Lipinski definition) is 0. The molecule has 4 rings (SSSR count). The fourth-order valence-electron chi connectivity index (χ4n) is 3.49. The SMILES string of the molecule is CC1Cc2ccccc2N1C(=O)N(c1ccccc1)c1ccccc1. The molecule has 124 valence electrons. The van der Waals surface area contributed by atoms with Gasteiger partial charge in [-0.15, -0.1) is 0 Å². The van der Waals surface area contributed by atoms with E-state index < -0.39 is 0 Å². The molecule has 3 aromatic rings. The van der Waals surface area contributed by atoms with Gasteiger partial charge in [0.1, 0.15) is 0 Å². The summed E-state index contributed by atoms with van der Waals surface area (Å²) in [7, 11) is 0. The molecule has 1 unspecified atom stereocenters. The van der Waals surface area contributed by atoms with Crippen LogP contribution in [0.25, 0.3) is 0 Å². The highest BCUT2D eigenvalue weighted by molar-refractivity contribution is 6.09. The third kappa shape index (κ3) is 2.78. The number of carbonyl (C=O) groups excluding carboxylic acids is 1. The fraction of sp³-hybridized carbons (Fsp3) is 0.136. The van der Waals surface area contributed by atoms with Gasteiger partial charge in [-0.3, -0.25) is 9.80 Å². The van der Waals surface area contributed by atoms with E-state index in [-0.39, 0.29) is 12.1 Å². The van der Waals surface area contributed by atoms with Gasteiger partial charge in [-0.25, -0.2) is 4.79 Å². The Morgan fingerprint density at radius 1 is 0.840 bits per heavy atom. The summed E-state index contributed by atoms with van der Waals surface area (Å²) in [6.07, 6.45) is 0.888. The predicted octanol–water partition coefficient (Wildman–Crippen LogP) is 5.40. The van der Waals surface area contributed by atoms with Gasteiger partial charge < -0.3 is 0 Å². The first-order valence-electron chi connectivity index (χ1n) is 8.57. The minimum Gasteiger partial charge on any atom is -0.290 e. The average molecular weight is 328 g/mol.